The molecule has 2 unspecified atom stereocenters. The monoisotopic (exact) mass is 453 g/mol. The second-order valence-electron chi connectivity index (χ2n) is 5.69. The van der Waals surface area contributed by atoms with E-state index in [1.165, 1.54) is 12.0 Å². The lowest BCUT2D eigenvalue weighted by molar-refractivity contribution is -0.146. The number of carbonyl (C=O) groups is 3. The van der Waals surface area contributed by atoms with Crippen LogP contribution in [0.5, 0.6) is 0 Å². The highest BCUT2D eigenvalue weighted by Gasteiger charge is 2.37. The van der Waals surface area contributed by atoms with E-state index in [2.05, 4.69) is 15.6 Å². The van der Waals surface area contributed by atoms with Gasteiger partial charge in [-0.1, -0.05) is 6.92 Å². The van der Waals surface area contributed by atoms with Crippen LogP contribution < -0.4 is 10.6 Å². The number of hydrogen-bond donors (Lipinski definition) is 2. The number of aliphatic imine (C=N–C) groups is 1. The maximum absolute atomic E-state index is 11.7. The van der Waals surface area contributed by atoms with Crippen molar-refractivity contribution < 1.29 is 19.1 Å². The van der Waals surface area contributed by atoms with Gasteiger partial charge in [-0.2, -0.15) is 0 Å². The molecule has 2 N–H and O–H groups in total. The maximum Gasteiger partial charge on any atom is 0.324 e. The normalized spacial score (nSPS) is 23.9. The smallest absolute Gasteiger partial charge is 0.324 e. The number of halogens is 1. The predicted molar refractivity (Wildman–Crippen MR) is 98.1 cm³/mol. The highest BCUT2D eigenvalue weighted by Crippen LogP contribution is 2.23. The van der Waals surface area contributed by atoms with Crippen LogP contribution in [-0.2, 0) is 14.3 Å². The molecular weight excluding hydrogens is 429 g/mol. The highest BCUT2D eigenvalue weighted by molar-refractivity contribution is 14.0. The number of ether oxygens (including phenoxy) is 1. The zero-order valence-corrected chi connectivity index (χ0v) is 16.4. The average molecular weight is 453 g/mol. The zero-order valence-electron chi connectivity index (χ0n) is 14.1. The molecule has 0 aromatic rings. The fraction of sp³-hybridized carbons (Fsp3) is 0.714. The van der Waals surface area contributed by atoms with Gasteiger partial charge in [-0.3, -0.25) is 19.5 Å². The van der Waals surface area contributed by atoms with Crippen LogP contribution in [0.15, 0.2) is 4.99 Å². The quantitative estimate of drug-likeness (QED) is 0.195. The van der Waals surface area contributed by atoms with Crippen LogP contribution in [-0.4, -0.2) is 80.5 Å². The lowest BCUT2D eigenvalue weighted by Crippen LogP contribution is -2.44. The van der Waals surface area contributed by atoms with Crippen molar-refractivity contribution in [2.45, 2.75) is 6.92 Å². The molecule has 2 fully saturated rings. The van der Waals surface area contributed by atoms with Crippen molar-refractivity contribution in [3.8, 4) is 0 Å². The summed E-state index contributed by atoms with van der Waals surface area (Å²) >= 11 is 0. The standard InChI is InChI=1S/C14H23N5O4.HI/c1-9-7-18(8-10(9)12(21)23-3)13(15-2)16-4-5-19-11(20)6-17-14(19)22;/h9-10H,4-8H2,1-3H3,(H,15,16)(H,17,22);1H. The Bertz CT molecular complexity index is 511. The molecule has 0 spiro atoms. The van der Waals surface area contributed by atoms with Gasteiger partial charge in [0.1, 0.15) is 0 Å². The number of esters is 1. The SMILES string of the molecule is CN=C(NCCN1C(=O)CNC1=O)N1CC(C)C(C(=O)OC)C1.I. The number of urea groups is 1. The summed E-state index contributed by atoms with van der Waals surface area (Å²) in [6.45, 7) is 3.96. The number of guanidine groups is 1. The van der Waals surface area contributed by atoms with Crippen LogP contribution in [0.2, 0.25) is 0 Å². The van der Waals surface area contributed by atoms with Crippen molar-refractivity contribution in [1.29, 1.82) is 0 Å². The van der Waals surface area contributed by atoms with Crippen molar-refractivity contribution in [1.82, 2.24) is 20.4 Å². The Labute approximate surface area is 158 Å². The van der Waals surface area contributed by atoms with E-state index in [0.717, 1.165) is 0 Å². The molecule has 2 aliphatic rings. The number of carbonyl (C=O) groups excluding carboxylic acids is 3. The molecule has 2 aliphatic heterocycles. The molecule has 3 amide bonds. The maximum atomic E-state index is 11.7. The van der Waals surface area contributed by atoms with E-state index in [9.17, 15) is 14.4 Å². The number of methoxy groups -OCH3 is 1. The summed E-state index contributed by atoms with van der Waals surface area (Å²) in [7, 11) is 3.05. The molecule has 2 rings (SSSR count). The van der Waals surface area contributed by atoms with Crippen LogP contribution >= 0.6 is 24.0 Å². The zero-order chi connectivity index (χ0) is 17.0. The lowest BCUT2D eigenvalue weighted by Gasteiger charge is -2.22. The largest absolute Gasteiger partial charge is 0.469 e. The van der Waals surface area contributed by atoms with Gasteiger partial charge in [-0.25, -0.2) is 4.79 Å². The first-order chi connectivity index (χ1) is 11.0. The van der Waals surface area contributed by atoms with Gasteiger partial charge in [0.05, 0.1) is 19.6 Å². The van der Waals surface area contributed by atoms with Crippen LogP contribution in [0.1, 0.15) is 6.92 Å². The first kappa shape index (κ1) is 20.5. The van der Waals surface area contributed by atoms with Gasteiger partial charge in [-0.05, 0) is 5.92 Å². The van der Waals surface area contributed by atoms with Crippen LogP contribution in [0.4, 0.5) is 4.79 Å². The second-order valence-corrected chi connectivity index (χ2v) is 5.69. The number of nitrogens with zero attached hydrogens (tertiary/aromatic N) is 3. The van der Waals surface area contributed by atoms with Gasteiger partial charge in [-0.15, -0.1) is 24.0 Å². The molecule has 9 nitrogen and oxygen atoms in total. The number of imide groups is 1. The molecule has 2 heterocycles. The third kappa shape index (κ3) is 4.48. The molecule has 2 atom stereocenters. The predicted octanol–water partition coefficient (Wildman–Crippen LogP) is -0.527. The van der Waals surface area contributed by atoms with Gasteiger partial charge >= 0.3 is 12.0 Å². The summed E-state index contributed by atoms with van der Waals surface area (Å²) in [5.74, 6) is 0.203. The molecule has 0 aromatic heterocycles. The first-order valence-corrected chi connectivity index (χ1v) is 7.59. The third-order valence-electron chi connectivity index (χ3n) is 4.18. The van der Waals surface area contributed by atoms with E-state index in [1.807, 2.05) is 11.8 Å². The number of nitrogens with one attached hydrogen (secondary N) is 2. The highest BCUT2D eigenvalue weighted by atomic mass is 127. The van der Waals surface area contributed by atoms with Gasteiger partial charge < -0.3 is 20.3 Å². The molecule has 136 valence electrons. The summed E-state index contributed by atoms with van der Waals surface area (Å²) < 4.78 is 4.82. The van der Waals surface area contributed by atoms with Crippen molar-refractivity contribution in [3.05, 3.63) is 0 Å². The Morgan fingerprint density at radius 3 is 2.67 bits per heavy atom. The van der Waals surface area contributed by atoms with Crippen molar-refractivity contribution in [3.63, 3.8) is 0 Å². The molecular formula is C14H24IN5O4. The Hall–Kier alpha value is -1.59. The molecule has 0 aromatic carbocycles. The van der Waals surface area contributed by atoms with Gasteiger partial charge in [0.25, 0.3) is 0 Å². The lowest BCUT2D eigenvalue weighted by atomic mass is 9.99. The summed E-state index contributed by atoms with van der Waals surface area (Å²) in [6, 6.07) is -0.368. The van der Waals surface area contributed by atoms with E-state index in [-0.39, 0.29) is 66.8 Å². The molecule has 10 heteroatoms. The first-order valence-electron chi connectivity index (χ1n) is 7.59. The molecule has 0 bridgehead atoms. The van der Waals surface area contributed by atoms with Crippen molar-refractivity contribution >= 4 is 47.8 Å². The minimum absolute atomic E-state index is 0. The van der Waals surface area contributed by atoms with Crippen LogP contribution in [0, 0.1) is 11.8 Å². The van der Waals surface area contributed by atoms with Crippen LogP contribution in [0.3, 0.4) is 0 Å². The third-order valence-corrected chi connectivity index (χ3v) is 4.18. The fourth-order valence-electron chi connectivity index (χ4n) is 2.89. The van der Waals surface area contributed by atoms with E-state index >= 15 is 0 Å². The molecule has 0 radical (unpaired) electrons. The van der Waals surface area contributed by atoms with Crippen molar-refractivity contribution in [2.75, 3.05) is 46.9 Å². The molecule has 24 heavy (non-hydrogen) atoms. The van der Waals surface area contributed by atoms with Crippen molar-refractivity contribution in [2.24, 2.45) is 16.8 Å². The Balaban J connectivity index is 0.00000288. The summed E-state index contributed by atoms with van der Waals surface area (Å²) in [4.78, 5) is 42.1. The topological polar surface area (TPSA) is 103 Å². The summed E-state index contributed by atoms with van der Waals surface area (Å²) in [5, 5.41) is 5.60. The Morgan fingerprint density at radius 2 is 2.12 bits per heavy atom. The number of hydrogen-bond acceptors (Lipinski definition) is 5. The number of amides is 3. The second kappa shape index (κ2) is 9.04. The minimum atomic E-state index is -0.368. The molecule has 0 saturated carbocycles. The summed E-state index contributed by atoms with van der Waals surface area (Å²) in [6.07, 6.45) is 0. The van der Waals surface area contributed by atoms with Gasteiger partial charge in [0.2, 0.25) is 5.91 Å². The van der Waals surface area contributed by atoms with E-state index < -0.39 is 0 Å². The van der Waals surface area contributed by atoms with E-state index in [4.69, 9.17) is 4.74 Å². The van der Waals surface area contributed by atoms with Gasteiger partial charge in [0, 0.05) is 33.2 Å². The van der Waals surface area contributed by atoms with E-state index in [1.54, 1.807) is 7.05 Å². The minimum Gasteiger partial charge on any atom is -0.469 e. The Morgan fingerprint density at radius 1 is 1.42 bits per heavy atom. The number of likely N-dealkylation sites (tertiary alicyclic amines) is 1. The Kier molecular flexibility index (Phi) is 7.70. The average Bonchev–Trinajstić information content (AvgIpc) is 3.07. The fourth-order valence-corrected chi connectivity index (χ4v) is 2.89. The van der Waals surface area contributed by atoms with E-state index in [0.29, 0.717) is 25.6 Å². The number of rotatable bonds is 4. The summed E-state index contributed by atoms with van der Waals surface area (Å²) in [5.41, 5.74) is 0. The van der Waals surface area contributed by atoms with Crippen LogP contribution in [0.25, 0.3) is 0 Å². The van der Waals surface area contributed by atoms with Gasteiger partial charge in [0.15, 0.2) is 5.96 Å². The molecule has 0 aliphatic carbocycles. The molecule has 2 saturated heterocycles.